The first-order chi connectivity index (χ1) is 14.0. The van der Waals surface area contributed by atoms with Crippen molar-refractivity contribution in [1.29, 1.82) is 0 Å². The average molecular weight is 395 g/mol. The van der Waals surface area contributed by atoms with Gasteiger partial charge in [0.2, 0.25) is 0 Å². The largest absolute Gasteiger partial charge is 0.336 e. The van der Waals surface area contributed by atoms with Crippen molar-refractivity contribution in [1.82, 2.24) is 30.3 Å². The molecule has 0 bridgehead atoms. The van der Waals surface area contributed by atoms with Crippen LogP contribution >= 0.6 is 0 Å². The molecule has 1 unspecified atom stereocenters. The van der Waals surface area contributed by atoms with Crippen molar-refractivity contribution in [3.05, 3.63) is 47.5 Å². The first-order valence-corrected chi connectivity index (χ1v) is 10.8. The molecule has 7 nitrogen and oxygen atoms in total. The molecule has 1 atom stereocenters. The van der Waals surface area contributed by atoms with Crippen LogP contribution in [0, 0.1) is 5.41 Å². The maximum Gasteiger partial charge on any atom is 0.317 e. The molecule has 1 aromatic carbocycles. The van der Waals surface area contributed by atoms with Crippen molar-refractivity contribution in [3.63, 3.8) is 0 Å². The van der Waals surface area contributed by atoms with Crippen LogP contribution in [0.1, 0.15) is 55.7 Å². The van der Waals surface area contributed by atoms with E-state index in [2.05, 4.69) is 50.7 Å². The van der Waals surface area contributed by atoms with Crippen molar-refractivity contribution in [2.24, 2.45) is 5.41 Å². The Morgan fingerprint density at radius 1 is 1.24 bits per heavy atom. The third-order valence-electron chi connectivity index (χ3n) is 6.47. The summed E-state index contributed by atoms with van der Waals surface area (Å²) in [6, 6.07) is 10.8. The van der Waals surface area contributed by atoms with Crippen molar-refractivity contribution in [2.75, 3.05) is 26.2 Å². The van der Waals surface area contributed by atoms with Crippen LogP contribution in [0.15, 0.2) is 30.3 Å². The minimum absolute atomic E-state index is 0.0436. The Hall–Kier alpha value is -2.41. The van der Waals surface area contributed by atoms with Gasteiger partial charge in [-0.3, -0.25) is 10.00 Å². The van der Waals surface area contributed by atoms with E-state index in [1.165, 1.54) is 18.4 Å². The Morgan fingerprint density at radius 3 is 2.69 bits per heavy atom. The van der Waals surface area contributed by atoms with Crippen LogP contribution in [-0.2, 0) is 6.54 Å². The molecule has 1 saturated carbocycles. The first-order valence-electron chi connectivity index (χ1n) is 10.8. The molecule has 2 aromatic rings. The number of nitrogens with zero attached hydrogens (tertiary/aromatic N) is 4. The number of hydrogen-bond donors (Lipinski definition) is 2. The lowest BCUT2D eigenvalue weighted by Crippen LogP contribution is -2.64. The molecule has 1 aromatic heterocycles. The van der Waals surface area contributed by atoms with E-state index in [1.54, 1.807) is 0 Å². The number of H-pyrrole nitrogens is 1. The zero-order valence-electron chi connectivity index (χ0n) is 17.3. The number of rotatable bonds is 5. The third-order valence-corrected chi connectivity index (χ3v) is 6.47. The molecule has 1 aliphatic carbocycles. The van der Waals surface area contributed by atoms with Gasteiger partial charge in [0.25, 0.3) is 0 Å². The van der Waals surface area contributed by atoms with Gasteiger partial charge in [0.05, 0.1) is 0 Å². The number of likely N-dealkylation sites (tertiary alicyclic amines) is 2. The molecule has 3 heterocycles. The quantitative estimate of drug-likeness (QED) is 0.817. The van der Waals surface area contributed by atoms with Gasteiger partial charge in [0.15, 0.2) is 5.82 Å². The maximum atomic E-state index is 12.5. The van der Waals surface area contributed by atoms with E-state index < -0.39 is 0 Å². The second-order valence-electron chi connectivity index (χ2n) is 9.38. The van der Waals surface area contributed by atoms with Crippen LogP contribution < -0.4 is 5.32 Å². The summed E-state index contributed by atoms with van der Waals surface area (Å²) in [5.74, 6) is 2.82. The maximum absolute atomic E-state index is 12.5. The molecule has 154 valence electrons. The number of urea groups is 1. The first kappa shape index (κ1) is 18.6. The number of nitrogens with one attached hydrogen (secondary N) is 2. The SMILES string of the molecule is CC(C)NC(=O)N1CC2(CN(Cc3ccccc3)CC2c2nc(C3CC3)n[nH]2)C1. The normalized spacial score (nSPS) is 23.6. The Morgan fingerprint density at radius 2 is 2.00 bits per heavy atom. The van der Waals surface area contributed by atoms with Gasteiger partial charge in [-0.1, -0.05) is 30.3 Å². The fourth-order valence-electron chi connectivity index (χ4n) is 4.89. The van der Waals surface area contributed by atoms with Crippen molar-refractivity contribution < 1.29 is 4.79 Å². The second-order valence-corrected chi connectivity index (χ2v) is 9.38. The van der Waals surface area contributed by atoms with E-state index in [0.29, 0.717) is 5.92 Å². The van der Waals surface area contributed by atoms with Gasteiger partial charge in [-0.15, -0.1) is 0 Å². The molecule has 5 rings (SSSR count). The summed E-state index contributed by atoms with van der Waals surface area (Å²) in [5.41, 5.74) is 1.39. The van der Waals surface area contributed by atoms with Gasteiger partial charge in [-0.2, -0.15) is 5.10 Å². The highest BCUT2D eigenvalue weighted by molar-refractivity contribution is 5.75. The highest BCUT2D eigenvalue weighted by atomic mass is 16.2. The monoisotopic (exact) mass is 394 g/mol. The minimum Gasteiger partial charge on any atom is -0.336 e. The predicted molar refractivity (Wildman–Crippen MR) is 110 cm³/mol. The number of amides is 2. The van der Waals surface area contributed by atoms with E-state index in [-0.39, 0.29) is 23.4 Å². The molecule has 7 heteroatoms. The highest BCUT2D eigenvalue weighted by Gasteiger charge is 2.57. The Balaban J connectivity index is 1.34. The molecule has 0 radical (unpaired) electrons. The van der Waals surface area contributed by atoms with Gasteiger partial charge < -0.3 is 10.2 Å². The molecule has 29 heavy (non-hydrogen) atoms. The van der Waals surface area contributed by atoms with Crippen LogP contribution in [0.2, 0.25) is 0 Å². The third kappa shape index (κ3) is 3.64. The molecule has 3 fully saturated rings. The van der Waals surface area contributed by atoms with Gasteiger partial charge in [0, 0.05) is 56.0 Å². The number of benzene rings is 1. The van der Waals surface area contributed by atoms with E-state index in [1.807, 2.05) is 18.7 Å². The van der Waals surface area contributed by atoms with Crippen LogP contribution in [-0.4, -0.2) is 63.2 Å². The molecular formula is C22H30N6O. The standard InChI is InChI=1S/C22H30N6O/c1-15(2)23-21(29)28-13-22(14-28)12-27(10-16-6-4-3-5-7-16)11-18(22)20-24-19(25-26-20)17-8-9-17/h3-7,15,17-18H,8-14H2,1-2H3,(H,23,29)(H,24,25,26). The average Bonchev–Trinajstić information content (AvgIpc) is 3.27. The van der Waals surface area contributed by atoms with Gasteiger partial charge >= 0.3 is 6.03 Å². The van der Waals surface area contributed by atoms with Crippen molar-refractivity contribution in [2.45, 2.75) is 51.1 Å². The number of carbonyl (C=O) groups is 1. The molecule has 2 N–H and O–H groups in total. The van der Waals surface area contributed by atoms with Gasteiger partial charge in [-0.05, 0) is 32.3 Å². The summed E-state index contributed by atoms with van der Waals surface area (Å²) in [6.45, 7) is 8.43. The van der Waals surface area contributed by atoms with Crippen LogP contribution in [0.4, 0.5) is 4.79 Å². The Kier molecular flexibility index (Phi) is 4.57. The fourth-order valence-corrected chi connectivity index (χ4v) is 4.89. The summed E-state index contributed by atoms with van der Waals surface area (Å²) in [7, 11) is 0. The Bertz CT molecular complexity index is 868. The summed E-state index contributed by atoms with van der Waals surface area (Å²) >= 11 is 0. The van der Waals surface area contributed by atoms with Crippen LogP contribution in [0.3, 0.4) is 0 Å². The van der Waals surface area contributed by atoms with E-state index in [9.17, 15) is 4.79 Å². The van der Waals surface area contributed by atoms with Crippen LogP contribution in [0.25, 0.3) is 0 Å². The Labute approximate surface area is 171 Å². The van der Waals surface area contributed by atoms with Crippen molar-refractivity contribution >= 4 is 6.03 Å². The van der Waals surface area contributed by atoms with Gasteiger partial charge in [-0.25, -0.2) is 9.78 Å². The van der Waals surface area contributed by atoms with E-state index in [4.69, 9.17) is 4.98 Å². The number of aromatic amines is 1. The smallest absolute Gasteiger partial charge is 0.317 e. The fraction of sp³-hybridized carbons (Fsp3) is 0.591. The lowest BCUT2D eigenvalue weighted by Gasteiger charge is -2.50. The van der Waals surface area contributed by atoms with E-state index >= 15 is 0 Å². The van der Waals surface area contributed by atoms with Crippen LogP contribution in [0.5, 0.6) is 0 Å². The summed E-state index contributed by atoms with van der Waals surface area (Å²) in [4.78, 5) is 21.8. The van der Waals surface area contributed by atoms with Crippen molar-refractivity contribution in [3.8, 4) is 0 Å². The molecule has 2 aliphatic heterocycles. The number of carbonyl (C=O) groups excluding carboxylic acids is 1. The number of hydrogen-bond acceptors (Lipinski definition) is 4. The summed E-state index contributed by atoms with van der Waals surface area (Å²) in [6.07, 6.45) is 2.41. The molecule has 3 aliphatic rings. The lowest BCUT2D eigenvalue weighted by molar-refractivity contribution is 0.0243. The molecular weight excluding hydrogens is 364 g/mol. The topological polar surface area (TPSA) is 77.2 Å². The molecule has 2 amide bonds. The van der Waals surface area contributed by atoms with E-state index in [0.717, 1.165) is 44.4 Å². The molecule has 2 saturated heterocycles. The second kappa shape index (κ2) is 7.13. The summed E-state index contributed by atoms with van der Waals surface area (Å²) < 4.78 is 0. The summed E-state index contributed by atoms with van der Waals surface area (Å²) in [5, 5.41) is 10.8. The highest BCUT2D eigenvalue weighted by Crippen LogP contribution is 2.49. The predicted octanol–water partition coefficient (Wildman–Crippen LogP) is 2.70. The number of aromatic nitrogens is 3. The van der Waals surface area contributed by atoms with Gasteiger partial charge in [0.1, 0.15) is 5.82 Å². The molecule has 1 spiro atoms. The zero-order valence-corrected chi connectivity index (χ0v) is 17.3. The zero-order chi connectivity index (χ0) is 20.0. The lowest BCUT2D eigenvalue weighted by atomic mass is 9.71. The minimum atomic E-state index is 0.0436.